The number of fused-ring (bicyclic) bond motifs is 1. The van der Waals surface area contributed by atoms with Crippen LogP contribution in [0.15, 0.2) is 43.1 Å². The number of amides is 1. The zero-order valence-electron chi connectivity index (χ0n) is 12.4. The lowest BCUT2D eigenvalue weighted by Gasteiger charge is -2.27. The molecular formula is C15H15N7O. The third kappa shape index (κ3) is 2.70. The Morgan fingerprint density at radius 1 is 1.22 bits per heavy atom. The van der Waals surface area contributed by atoms with Gasteiger partial charge in [-0.2, -0.15) is 15.3 Å². The lowest BCUT2D eigenvalue weighted by atomic mass is 10.2. The predicted molar refractivity (Wildman–Crippen MR) is 80.3 cm³/mol. The highest BCUT2D eigenvalue weighted by molar-refractivity contribution is 5.93. The average molecular weight is 309 g/mol. The van der Waals surface area contributed by atoms with Crippen LogP contribution in [0.3, 0.4) is 0 Å². The number of hydrogen-bond donors (Lipinski definition) is 0. The number of imidazole rings is 1. The van der Waals surface area contributed by atoms with Crippen molar-refractivity contribution >= 4 is 5.91 Å². The Bertz CT molecular complexity index is 810. The second kappa shape index (κ2) is 5.64. The van der Waals surface area contributed by atoms with Crippen LogP contribution in [-0.2, 0) is 19.6 Å². The van der Waals surface area contributed by atoms with Crippen LogP contribution in [0.1, 0.15) is 21.9 Å². The molecule has 0 aromatic carbocycles. The molecule has 116 valence electrons. The second-order valence-corrected chi connectivity index (χ2v) is 5.40. The predicted octanol–water partition coefficient (Wildman–Crippen LogP) is 0.574. The van der Waals surface area contributed by atoms with Crippen LogP contribution in [0.4, 0.5) is 0 Å². The van der Waals surface area contributed by atoms with Gasteiger partial charge in [0.05, 0.1) is 36.7 Å². The fourth-order valence-corrected chi connectivity index (χ4v) is 2.72. The monoisotopic (exact) mass is 309 g/mol. The van der Waals surface area contributed by atoms with Gasteiger partial charge < -0.3 is 9.47 Å². The summed E-state index contributed by atoms with van der Waals surface area (Å²) in [5.74, 6) is 0.858. The van der Waals surface area contributed by atoms with Crippen LogP contribution in [0.2, 0.25) is 0 Å². The van der Waals surface area contributed by atoms with Gasteiger partial charge in [0.1, 0.15) is 5.82 Å². The first-order valence-electron chi connectivity index (χ1n) is 7.38. The van der Waals surface area contributed by atoms with Crippen LogP contribution >= 0.6 is 0 Å². The minimum Gasteiger partial charge on any atom is -0.331 e. The molecule has 3 aromatic heterocycles. The van der Waals surface area contributed by atoms with Gasteiger partial charge in [0.2, 0.25) is 0 Å². The van der Waals surface area contributed by atoms with Gasteiger partial charge in [-0.05, 0) is 12.1 Å². The van der Waals surface area contributed by atoms with Crippen LogP contribution in [-0.4, -0.2) is 46.9 Å². The van der Waals surface area contributed by atoms with Crippen LogP contribution < -0.4 is 0 Å². The summed E-state index contributed by atoms with van der Waals surface area (Å²) in [7, 11) is 0. The first kappa shape index (κ1) is 13.6. The Kier molecular flexibility index (Phi) is 3.34. The van der Waals surface area contributed by atoms with E-state index in [1.807, 2.05) is 23.1 Å². The Morgan fingerprint density at radius 2 is 2.17 bits per heavy atom. The number of nitrogens with zero attached hydrogens (tertiary/aromatic N) is 7. The third-order valence-electron chi connectivity index (χ3n) is 3.85. The highest BCUT2D eigenvalue weighted by atomic mass is 16.2. The highest BCUT2D eigenvalue weighted by Gasteiger charge is 2.23. The molecule has 3 aromatic rings. The van der Waals surface area contributed by atoms with Crippen molar-refractivity contribution in [2.45, 2.75) is 19.6 Å². The van der Waals surface area contributed by atoms with E-state index in [0.717, 1.165) is 18.1 Å². The van der Waals surface area contributed by atoms with E-state index in [4.69, 9.17) is 0 Å². The van der Waals surface area contributed by atoms with Gasteiger partial charge in [0, 0.05) is 31.7 Å². The fraction of sp³-hybridized carbons (Fsp3) is 0.267. The van der Waals surface area contributed by atoms with Crippen molar-refractivity contribution in [3.05, 3.63) is 60.2 Å². The molecule has 0 spiro atoms. The van der Waals surface area contributed by atoms with Crippen molar-refractivity contribution in [3.8, 4) is 0 Å². The second-order valence-electron chi connectivity index (χ2n) is 5.40. The van der Waals surface area contributed by atoms with Gasteiger partial charge in [-0.15, -0.1) is 0 Å². The number of carbonyl (C=O) groups is 1. The van der Waals surface area contributed by atoms with E-state index in [9.17, 15) is 4.79 Å². The van der Waals surface area contributed by atoms with Crippen molar-refractivity contribution in [1.82, 2.24) is 34.4 Å². The van der Waals surface area contributed by atoms with Crippen molar-refractivity contribution in [2.75, 3.05) is 6.54 Å². The summed E-state index contributed by atoms with van der Waals surface area (Å²) in [6.07, 6.45) is 8.71. The van der Waals surface area contributed by atoms with Gasteiger partial charge in [-0.1, -0.05) is 0 Å². The maximum Gasteiger partial charge on any atom is 0.256 e. The lowest BCUT2D eigenvalue weighted by Crippen LogP contribution is -2.38. The van der Waals surface area contributed by atoms with Gasteiger partial charge in [-0.3, -0.25) is 9.48 Å². The molecule has 8 heteroatoms. The molecular weight excluding hydrogens is 294 g/mol. The minimum atomic E-state index is -0.0391. The SMILES string of the molecule is O=C(c1ccnnc1)N1CCn2cc(Cn3cccn3)nc2C1. The molecule has 1 aliphatic heterocycles. The fourth-order valence-electron chi connectivity index (χ4n) is 2.72. The van der Waals surface area contributed by atoms with Crippen molar-refractivity contribution < 1.29 is 4.79 Å². The van der Waals surface area contributed by atoms with E-state index < -0.39 is 0 Å². The van der Waals surface area contributed by atoms with E-state index in [0.29, 0.717) is 25.2 Å². The van der Waals surface area contributed by atoms with Gasteiger partial charge in [-0.25, -0.2) is 4.98 Å². The smallest absolute Gasteiger partial charge is 0.256 e. The summed E-state index contributed by atoms with van der Waals surface area (Å²) in [6, 6.07) is 3.57. The molecule has 0 bridgehead atoms. The molecule has 1 aliphatic rings. The van der Waals surface area contributed by atoms with Gasteiger partial charge in [0.25, 0.3) is 5.91 Å². The van der Waals surface area contributed by atoms with Crippen LogP contribution in [0.5, 0.6) is 0 Å². The zero-order valence-corrected chi connectivity index (χ0v) is 12.4. The van der Waals surface area contributed by atoms with Gasteiger partial charge >= 0.3 is 0 Å². The largest absolute Gasteiger partial charge is 0.331 e. The molecule has 4 heterocycles. The standard InChI is InChI=1S/C15H15N7O/c23-15(12-2-4-16-17-8-12)21-7-6-20-9-13(19-14(20)11-21)10-22-5-1-3-18-22/h1-5,8-9H,6-7,10-11H2. The topological polar surface area (TPSA) is 81.7 Å². The Balaban J connectivity index is 1.51. The molecule has 1 amide bonds. The summed E-state index contributed by atoms with van der Waals surface area (Å²) in [5, 5.41) is 11.7. The third-order valence-corrected chi connectivity index (χ3v) is 3.85. The van der Waals surface area contributed by atoms with E-state index >= 15 is 0 Å². The molecule has 0 saturated carbocycles. The maximum absolute atomic E-state index is 12.5. The summed E-state index contributed by atoms with van der Waals surface area (Å²) in [4.78, 5) is 18.9. The normalized spacial score (nSPS) is 13.8. The van der Waals surface area contributed by atoms with E-state index in [-0.39, 0.29) is 5.91 Å². The first-order valence-corrected chi connectivity index (χ1v) is 7.38. The van der Waals surface area contributed by atoms with Gasteiger partial charge in [0.15, 0.2) is 0 Å². The van der Waals surface area contributed by atoms with Crippen molar-refractivity contribution in [1.29, 1.82) is 0 Å². The number of carbonyl (C=O) groups excluding carboxylic acids is 1. The van der Waals surface area contributed by atoms with Crippen LogP contribution in [0, 0.1) is 0 Å². The minimum absolute atomic E-state index is 0.0391. The highest BCUT2D eigenvalue weighted by Crippen LogP contribution is 2.15. The summed E-state index contributed by atoms with van der Waals surface area (Å²) in [5.41, 5.74) is 1.50. The zero-order chi connectivity index (χ0) is 15.6. The summed E-state index contributed by atoms with van der Waals surface area (Å²) >= 11 is 0. The van der Waals surface area contributed by atoms with Crippen molar-refractivity contribution in [2.24, 2.45) is 0 Å². The summed E-state index contributed by atoms with van der Waals surface area (Å²) < 4.78 is 3.94. The molecule has 8 nitrogen and oxygen atoms in total. The Morgan fingerprint density at radius 3 is 2.96 bits per heavy atom. The van der Waals surface area contributed by atoms with E-state index in [2.05, 4.69) is 24.8 Å². The summed E-state index contributed by atoms with van der Waals surface area (Å²) in [6.45, 7) is 2.53. The molecule has 0 unspecified atom stereocenters. The van der Waals surface area contributed by atoms with E-state index in [1.165, 1.54) is 12.4 Å². The number of aromatic nitrogens is 6. The van der Waals surface area contributed by atoms with Crippen LogP contribution in [0.25, 0.3) is 0 Å². The molecule has 0 atom stereocenters. The molecule has 4 rings (SSSR count). The average Bonchev–Trinajstić information content (AvgIpc) is 3.23. The van der Waals surface area contributed by atoms with Crippen molar-refractivity contribution in [3.63, 3.8) is 0 Å². The number of rotatable bonds is 3. The van der Waals surface area contributed by atoms with E-state index in [1.54, 1.807) is 17.2 Å². The molecule has 0 radical (unpaired) electrons. The number of hydrogen-bond acceptors (Lipinski definition) is 5. The lowest BCUT2D eigenvalue weighted by molar-refractivity contribution is 0.0707. The molecule has 0 fully saturated rings. The maximum atomic E-state index is 12.5. The molecule has 0 saturated heterocycles. The first-order chi connectivity index (χ1) is 11.3. The molecule has 0 N–H and O–H groups in total. The molecule has 23 heavy (non-hydrogen) atoms. The molecule has 0 aliphatic carbocycles. The Labute approximate surface area is 132 Å². The Hall–Kier alpha value is -3.03. The quantitative estimate of drug-likeness (QED) is 0.706.